The van der Waals surface area contributed by atoms with Crippen LogP contribution in [0.15, 0.2) is 48.5 Å². The van der Waals surface area contributed by atoms with Crippen molar-refractivity contribution in [3.63, 3.8) is 0 Å². The zero-order chi connectivity index (χ0) is 26.4. The molecule has 1 unspecified atom stereocenters. The molecule has 0 radical (unpaired) electrons. The minimum atomic E-state index is -4.86. The smallest absolute Gasteiger partial charge is 0.336 e. The van der Waals surface area contributed by atoms with Crippen LogP contribution in [-0.4, -0.2) is 48.4 Å². The summed E-state index contributed by atoms with van der Waals surface area (Å²) in [7, 11) is -2.01. The maximum absolute atomic E-state index is 15.0. The van der Waals surface area contributed by atoms with E-state index in [1.165, 1.54) is 26.1 Å². The molecule has 3 aromatic rings. The molecule has 5 nitrogen and oxygen atoms in total. The van der Waals surface area contributed by atoms with Gasteiger partial charge in [0, 0.05) is 35.8 Å². The summed E-state index contributed by atoms with van der Waals surface area (Å²) in [5.74, 6) is -2.11. The quantitative estimate of drug-likeness (QED) is 0.395. The van der Waals surface area contributed by atoms with E-state index in [4.69, 9.17) is 11.6 Å². The largest absolute Gasteiger partial charge is 0.431 e. The normalized spacial score (nSPS) is 17.4. The summed E-state index contributed by atoms with van der Waals surface area (Å²) in [6.07, 6.45) is -4.69. The van der Waals surface area contributed by atoms with Gasteiger partial charge in [-0.05, 0) is 42.7 Å². The lowest BCUT2D eigenvalue weighted by Gasteiger charge is -2.25. The molecule has 1 aliphatic heterocycles. The third kappa shape index (κ3) is 5.01. The summed E-state index contributed by atoms with van der Waals surface area (Å²) < 4.78 is 83.2. The van der Waals surface area contributed by atoms with Crippen LogP contribution in [0.2, 0.25) is 5.02 Å². The van der Waals surface area contributed by atoms with E-state index in [-0.39, 0.29) is 51.9 Å². The fraction of sp³-hybridized carbons (Fsp3) is 0.320. The summed E-state index contributed by atoms with van der Waals surface area (Å²) >= 11 is 5.87. The van der Waals surface area contributed by atoms with Crippen molar-refractivity contribution >= 4 is 27.3 Å². The van der Waals surface area contributed by atoms with E-state index in [1.54, 1.807) is 30.3 Å². The highest BCUT2D eigenvalue weighted by Crippen LogP contribution is 2.43. The molecule has 0 spiro atoms. The highest BCUT2D eigenvalue weighted by molar-refractivity contribution is 7.91. The third-order valence-electron chi connectivity index (χ3n) is 6.44. The molecule has 0 bridgehead atoms. The fourth-order valence-electron chi connectivity index (χ4n) is 4.69. The molecule has 1 saturated heterocycles. The Kier molecular flexibility index (Phi) is 6.96. The third-order valence-corrected chi connectivity index (χ3v) is 8.42. The molecule has 0 aliphatic carbocycles. The monoisotopic (exact) mass is 542 g/mol. The first-order chi connectivity index (χ1) is 16.8. The van der Waals surface area contributed by atoms with Gasteiger partial charge >= 0.3 is 6.18 Å². The van der Waals surface area contributed by atoms with Crippen molar-refractivity contribution in [3.8, 4) is 11.1 Å². The number of alkyl halides is 3. The van der Waals surface area contributed by atoms with Gasteiger partial charge in [0.25, 0.3) is 5.91 Å². The molecule has 0 N–H and O–H groups in total. The molecule has 1 amide bonds. The average molecular weight is 543 g/mol. The van der Waals surface area contributed by atoms with Gasteiger partial charge in [-0.15, -0.1) is 0 Å². The van der Waals surface area contributed by atoms with Gasteiger partial charge < -0.3 is 9.47 Å². The number of sulfone groups is 1. The second-order valence-electron chi connectivity index (χ2n) is 8.86. The van der Waals surface area contributed by atoms with Gasteiger partial charge in [0.1, 0.15) is 17.2 Å². The van der Waals surface area contributed by atoms with Crippen LogP contribution < -0.4 is 0 Å². The van der Waals surface area contributed by atoms with Crippen LogP contribution in [0.4, 0.5) is 17.6 Å². The molecule has 1 aliphatic rings. The van der Waals surface area contributed by atoms with Crippen molar-refractivity contribution in [3.05, 3.63) is 81.9 Å². The zero-order valence-electron chi connectivity index (χ0n) is 19.4. The molecular formula is C25H23ClF4N2O3S. The predicted molar refractivity (Wildman–Crippen MR) is 129 cm³/mol. The second kappa shape index (κ2) is 9.55. The Morgan fingerprint density at radius 3 is 2.39 bits per heavy atom. The van der Waals surface area contributed by atoms with Crippen LogP contribution in [0.5, 0.6) is 0 Å². The molecule has 1 fully saturated rings. The van der Waals surface area contributed by atoms with Crippen LogP contribution in [-0.2, 0) is 22.6 Å². The summed E-state index contributed by atoms with van der Waals surface area (Å²) in [6.45, 7) is 0.897. The number of aromatic nitrogens is 1. The minimum absolute atomic E-state index is 0.0508. The number of benzene rings is 2. The highest BCUT2D eigenvalue weighted by atomic mass is 35.5. The Labute approximate surface area is 211 Å². The summed E-state index contributed by atoms with van der Waals surface area (Å²) in [4.78, 5) is 15.0. The van der Waals surface area contributed by atoms with Gasteiger partial charge in [0.2, 0.25) is 0 Å². The van der Waals surface area contributed by atoms with E-state index >= 15 is 4.39 Å². The summed E-state index contributed by atoms with van der Waals surface area (Å²) in [6, 6.07) is 11.1. The molecule has 2 aromatic carbocycles. The highest BCUT2D eigenvalue weighted by Gasteiger charge is 2.43. The van der Waals surface area contributed by atoms with Crippen molar-refractivity contribution in [2.24, 2.45) is 0 Å². The Morgan fingerprint density at radius 1 is 1.17 bits per heavy atom. The number of carbonyl (C=O) groups is 1. The molecule has 36 heavy (non-hydrogen) atoms. The minimum Gasteiger partial charge on any atom is -0.336 e. The Bertz CT molecular complexity index is 1420. The lowest BCUT2D eigenvalue weighted by atomic mass is 9.99. The first-order valence-electron chi connectivity index (χ1n) is 11.1. The first-order valence-corrected chi connectivity index (χ1v) is 13.3. The van der Waals surface area contributed by atoms with Crippen LogP contribution in [0, 0.1) is 12.7 Å². The average Bonchev–Trinajstić information content (AvgIpc) is 3.29. The standard InChI is InChI=1S/C25H23ClF4N2O3S/c1-15-21(19-9-8-17(26)12-20(19)27)22(24(33)31(2)18-10-11-36(34,35)14-18)32(23(15)25(28,29)30)13-16-6-4-3-5-7-16/h3-9,12,18H,10-11,13-14H2,1-2H3. The van der Waals surface area contributed by atoms with Crippen molar-refractivity contribution in [2.75, 3.05) is 18.6 Å². The van der Waals surface area contributed by atoms with Crippen molar-refractivity contribution < 1.29 is 30.8 Å². The molecule has 192 valence electrons. The number of hydrogen-bond acceptors (Lipinski definition) is 3. The molecule has 11 heteroatoms. The molecule has 1 atom stereocenters. The maximum Gasteiger partial charge on any atom is 0.431 e. The van der Waals surface area contributed by atoms with Gasteiger partial charge in [-0.25, -0.2) is 12.8 Å². The lowest BCUT2D eigenvalue weighted by molar-refractivity contribution is -0.143. The van der Waals surface area contributed by atoms with E-state index in [9.17, 15) is 26.4 Å². The molecule has 0 saturated carbocycles. The van der Waals surface area contributed by atoms with Gasteiger partial charge in [-0.3, -0.25) is 4.79 Å². The molecular weight excluding hydrogens is 520 g/mol. The molecule has 4 rings (SSSR count). The van der Waals surface area contributed by atoms with E-state index < -0.39 is 39.5 Å². The van der Waals surface area contributed by atoms with Crippen LogP contribution in [0.3, 0.4) is 0 Å². The number of halogens is 5. The van der Waals surface area contributed by atoms with Crippen molar-refractivity contribution in [2.45, 2.75) is 32.1 Å². The van der Waals surface area contributed by atoms with E-state index in [1.807, 2.05) is 0 Å². The zero-order valence-corrected chi connectivity index (χ0v) is 21.0. The molecule has 1 aromatic heterocycles. The Morgan fingerprint density at radius 2 is 1.83 bits per heavy atom. The lowest BCUT2D eigenvalue weighted by Crippen LogP contribution is -2.39. The van der Waals surface area contributed by atoms with E-state index in [0.717, 1.165) is 15.5 Å². The summed E-state index contributed by atoms with van der Waals surface area (Å²) in [5, 5.41) is 0.0508. The van der Waals surface area contributed by atoms with Crippen molar-refractivity contribution in [1.82, 2.24) is 9.47 Å². The van der Waals surface area contributed by atoms with Crippen LogP contribution >= 0.6 is 11.6 Å². The topological polar surface area (TPSA) is 59.4 Å². The first kappa shape index (κ1) is 26.2. The maximum atomic E-state index is 15.0. The van der Waals surface area contributed by atoms with Crippen molar-refractivity contribution in [1.29, 1.82) is 0 Å². The fourth-order valence-corrected chi connectivity index (χ4v) is 6.63. The van der Waals surface area contributed by atoms with Gasteiger partial charge in [-0.2, -0.15) is 13.2 Å². The SMILES string of the molecule is Cc1c(-c2ccc(Cl)cc2F)c(C(=O)N(C)C2CCS(=O)(=O)C2)n(Cc2ccccc2)c1C(F)(F)F. The Hall–Kier alpha value is -2.85. The number of rotatable bonds is 5. The number of hydrogen-bond donors (Lipinski definition) is 0. The second-order valence-corrected chi connectivity index (χ2v) is 11.5. The Balaban J connectivity index is 1.99. The van der Waals surface area contributed by atoms with Gasteiger partial charge in [0.05, 0.1) is 11.5 Å². The molecule has 2 heterocycles. The number of amides is 1. The summed E-state index contributed by atoms with van der Waals surface area (Å²) in [5.41, 5.74) is -1.66. The van der Waals surface area contributed by atoms with Crippen LogP contribution in [0.25, 0.3) is 11.1 Å². The van der Waals surface area contributed by atoms with Gasteiger partial charge in [0.15, 0.2) is 9.84 Å². The van der Waals surface area contributed by atoms with E-state index in [0.29, 0.717) is 5.56 Å². The number of carbonyl (C=O) groups excluding carboxylic acids is 1. The van der Waals surface area contributed by atoms with Crippen LogP contribution in [0.1, 0.15) is 33.7 Å². The van der Waals surface area contributed by atoms with E-state index in [2.05, 4.69) is 0 Å². The number of nitrogens with zero attached hydrogens (tertiary/aromatic N) is 2. The predicted octanol–water partition coefficient (Wildman–Crippen LogP) is 5.58. The van der Waals surface area contributed by atoms with Gasteiger partial charge in [-0.1, -0.05) is 41.9 Å².